The van der Waals surface area contributed by atoms with Gasteiger partial charge in [0.1, 0.15) is 0 Å². The largest absolute Gasteiger partial charge is 1.00 e. The van der Waals surface area contributed by atoms with Crippen LogP contribution in [0.25, 0.3) is 11.1 Å². The maximum absolute atomic E-state index is 3.61. The molecule has 0 radical (unpaired) electrons. The quantitative estimate of drug-likeness (QED) is 0.421. The Morgan fingerprint density at radius 2 is 1.59 bits per heavy atom. The summed E-state index contributed by atoms with van der Waals surface area (Å²) in [5.74, 6) is 0.416. The van der Waals surface area contributed by atoms with Crippen molar-refractivity contribution in [3.05, 3.63) is 83.5 Å². The maximum Gasteiger partial charge on any atom is -0.00217 e. The van der Waals surface area contributed by atoms with Crippen molar-refractivity contribution in [2.45, 2.75) is 12.3 Å². The Morgan fingerprint density at radius 3 is 2.32 bits per heavy atom. The Labute approximate surface area is 159 Å². The molecule has 0 N–H and O–H groups in total. The first-order valence-electron chi connectivity index (χ1n) is 6.75. The fraction of sp³-hybridized carbons (Fsp3) is 0.105. The fourth-order valence-corrected chi connectivity index (χ4v) is 2.91. The van der Waals surface area contributed by atoms with Crippen molar-refractivity contribution in [1.82, 2.24) is 0 Å². The van der Waals surface area contributed by atoms with E-state index in [1.165, 1.54) is 52.1 Å². The summed E-state index contributed by atoms with van der Waals surface area (Å²) in [6.45, 7) is 0. The maximum atomic E-state index is 3.61. The molecular weight excluding hydrogens is 390 g/mol. The van der Waals surface area contributed by atoms with E-state index in [0.717, 1.165) is 6.42 Å². The van der Waals surface area contributed by atoms with Crippen molar-refractivity contribution in [1.29, 1.82) is 0 Å². The molecule has 4 rings (SSSR count). The summed E-state index contributed by atoms with van der Waals surface area (Å²) in [4.78, 5) is 0. The van der Waals surface area contributed by atoms with Crippen molar-refractivity contribution in [2.75, 3.05) is 0 Å². The van der Waals surface area contributed by atoms with Crippen LogP contribution >= 0.6 is 0 Å². The van der Waals surface area contributed by atoms with Gasteiger partial charge in [-0.05, 0) is 12.3 Å². The van der Waals surface area contributed by atoms with Crippen LogP contribution in [0.4, 0.5) is 0 Å². The second-order valence-electron chi connectivity index (χ2n) is 4.94. The Morgan fingerprint density at radius 1 is 0.909 bits per heavy atom. The summed E-state index contributed by atoms with van der Waals surface area (Å²) < 4.78 is 3.34. The summed E-state index contributed by atoms with van der Waals surface area (Å²) in [6, 6.07) is 16.7. The molecular formula is C19H15Cl2Zr-. The Bertz CT molecular complexity index is 692. The van der Waals surface area contributed by atoms with E-state index in [-0.39, 0.29) is 24.8 Å². The van der Waals surface area contributed by atoms with Crippen LogP contribution < -0.4 is 24.8 Å². The van der Waals surface area contributed by atoms with Crippen LogP contribution in [0.15, 0.2) is 60.7 Å². The molecule has 0 saturated heterocycles. The first-order valence-corrected chi connectivity index (χ1v) is 8.49. The van der Waals surface area contributed by atoms with Crippen molar-refractivity contribution >= 4 is 4.21 Å². The molecule has 0 bridgehead atoms. The third-order valence-corrected chi connectivity index (χ3v) is 3.83. The molecule has 2 aliphatic rings. The van der Waals surface area contributed by atoms with Crippen molar-refractivity contribution in [3.8, 4) is 11.1 Å². The van der Waals surface area contributed by atoms with E-state index < -0.39 is 0 Å². The van der Waals surface area contributed by atoms with Gasteiger partial charge in [-0.1, -0.05) is 59.7 Å². The molecule has 0 unspecified atom stereocenters. The summed E-state index contributed by atoms with van der Waals surface area (Å²) in [6.07, 6.45) is 9.70. The van der Waals surface area contributed by atoms with Gasteiger partial charge in [0.15, 0.2) is 0 Å². The van der Waals surface area contributed by atoms with Crippen LogP contribution in [0.1, 0.15) is 22.6 Å². The number of hydrogen-bond donors (Lipinski definition) is 0. The van der Waals surface area contributed by atoms with Crippen LogP contribution in [-0.4, -0.2) is 4.21 Å². The predicted octanol–water partition coefficient (Wildman–Crippen LogP) is -1.76. The topological polar surface area (TPSA) is 0 Å². The first kappa shape index (κ1) is 19.3. The van der Waals surface area contributed by atoms with Crippen LogP contribution in [0.5, 0.6) is 0 Å². The Hall–Kier alpha value is -0.747. The molecule has 0 fully saturated rings. The molecule has 2 aliphatic carbocycles. The minimum Gasteiger partial charge on any atom is -1.00 e. The van der Waals surface area contributed by atoms with Crippen molar-refractivity contribution in [3.63, 3.8) is 0 Å². The fourth-order valence-electron chi connectivity index (χ4n) is 2.91. The Kier molecular flexibility index (Phi) is 7.70. The molecule has 0 aliphatic heterocycles. The summed E-state index contributed by atoms with van der Waals surface area (Å²) in [5, 5.41) is 0. The zero-order valence-electron chi connectivity index (χ0n) is 12.0. The number of benzene rings is 2. The van der Waals surface area contributed by atoms with E-state index >= 15 is 0 Å². The molecule has 0 atom stereocenters. The molecule has 110 valence electrons. The number of halogens is 2. The number of fused-ring (bicyclic) bond motifs is 3. The second-order valence-corrected chi connectivity index (χ2v) is 4.94. The van der Waals surface area contributed by atoms with Crippen LogP contribution in [-0.2, 0) is 30.7 Å². The average molecular weight is 405 g/mol. The number of rotatable bonds is 1. The minimum absolute atomic E-state index is 0. The van der Waals surface area contributed by atoms with Gasteiger partial charge in [-0.25, -0.2) is 0 Å². The smallest absolute Gasteiger partial charge is 0.00217 e. The summed E-state index contributed by atoms with van der Waals surface area (Å²) >= 11 is 1.30. The third kappa shape index (κ3) is 3.59. The molecule has 0 heterocycles. The molecule has 3 heteroatoms. The van der Waals surface area contributed by atoms with E-state index in [1.807, 2.05) is 0 Å². The predicted molar refractivity (Wildman–Crippen MR) is 81.7 cm³/mol. The van der Waals surface area contributed by atoms with Crippen LogP contribution in [0.2, 0.25) is 0 Å². The van der Waals surface area contributed by atoms with Gasteiger partial charge in [0.25, 0.3) is 0 Å². The van der Waals surface area contributed by atoms with Crippen molar-refractivity contribution < 1.29 is 49.0 Å². The van der Waals surface area contributed by atoms with Crippen molar-refractivity contribution in [2.24, 2.45) is 0 Å². The van der Waals surface area contributed by atoms with Gasteiger partial charge in [-0.2, -0.15) is 23.8 Å². The zero-order valence-corrected chi connectivity index (χ0v) is 16.0. The second kappa shape index (κ2) is 8.77. The molecule has 2 aromatic carbocycles. The number of hydrogen-bond acceptors (Lipinski definition) is 0. The summed E-state index contributed by atoms with van der Waals surface area (Å²) in [5.41, 5.74) is 6.81. The van der Waals surface area contributed by atoms with E-state index in [1.54, 1.807) is 0 Å². The third-order valence-electron chi connectivity index (χ3n) is 3.83. The standard InChI is InChI=1S/C18H13.CH2.2ClH.Zr/c1-2-6-13(5-1)14-9-10-18-16(11-14)12-15-7-3-4-8-17(15)18;;;;/h1-10,13H,12H2;1H2;2*1H;/q-1;;;;+2/p-2. The van der Waals surface area contributed by atoms with E-state index in [0.29, 0.717) is 5.92 Å². The molecule has 22 heavy (non-hydrogen) atoms. The average Bonchev–Trinajstić information content (AvgIpc) is 3.16. The van der Waals surface area contributed by atoms with Gasteiger partial charge < -0.3 is 24.8 Å². The van der Waals surface area contributed by atoms with Gasteiger partial charge in [-0.3, -0.25) is 0 Å². The molecule has 0 saturated carbocycles. The molecule has 0 aromatic heterocycles. The van der Waals surface area contributed by atoms with Gasteiger partial charge >= 0.3 is 28.4 Å². The van der Waals surface area contributed by atoms with E-state index in [4.69, 9.17) is 0 Å². The van der Waals surface area contributed by atoms with E-state index in [9.17, 15) is 0 Å². The molecule has 0 spiro atoms. The minimum atomic E-state index is 0. The molecule has 2 aromatic rings. The van der Waals surface area contributed by atoms with Gasteiger partial charge in [0, 0.05) is 0 Å². The van der Waals surface area contributed by atoms with Gasteiger partial charge in [0.2, 0.25) is 0 Å². The number of allylic oxidation sites excluding steroid dienone is 4. The van der Waals surface area contributed by atoms with Crippen LogP contribution in [0.3, 0.4) is 0 Å². The normalized spacial score (nSPS) is 13.4. The molecule has 0 amide bonds. The molecule has 0 nitrogen and oxygen atoms in total. The monoisotopic (exact) mass is 403 g/mol. The SMILES string of the molecule is [CH2]=[Zr+2].[Cl-].[Cl-].[c-]1c(C2C=CC=C2)ccc2c1Cc1ccccc1-2. The Balaban J connectivity index is 0.000000583. The zero-order chi connectivity index (χ0) is 13.9. The van der Waals surface area contributed by atoms with Crippen LogP contribution in [0, 0.1) is 6.07 Å². The first-order chi connectivity index (χ1) is 9.92. The van der Waals surface area contributed by atoms with E-state index in [2.05, 4.69) is 71.0 Å². The van der Waals surface area contributed by atoms with Gasteiger partial charge in [-0.15, -0.1) is 11.1 Å². The van der Waals surface area contributed by atoms with Gasteiger partial charge in [0.05, 0.1) is 0 Å². The summed E-state index contributed by atoms with van der Waals surface area (Å²) in [7, 11) is 0.